The van der Waals surface area contributed by atoms with Gasteiger partial charge in [-0.05, 0) is 18.9 Å². The van der Waals surface area contributed by atoms with Gasteiger partial charge in [-0.1, -0.05) is 30.3 Å². The number of ether oxygens (including phenoxy) is 1. The van der Waals surface area contributed by atoms with E-state index in [2.05, 4.69) is 11.8 Å². The largest absolute Gasteiger partial charge is 0.384 e. The Kier molecular flexibility index (Phi) is 4.93. The summed E-state index contributed by atoms with van der Waals surface area (Å²) in [5, 5.41) is 10.7. The minimum atomic E-state index is -0.928. The van der Waals surface area contributed by atoms with E-state index in [1.54, 1.807) is 0 Å². The average molecular weight is 264 g/mol. The fourth-order valence-corrected chi connectivity index (χ4v) is 2.55. The molecule has 1 aliphatic rings. The Balaban J connectivity index is 1.95. The summed E-state index contributed by atoms with van der Waals surface area (Å²) in [6.07, 6.45) is 0.927. The van der Waals surface area contributed by atoms with Crippen molar-refractivity contribution in [2.75, 3.05) is 32.8 Å². The Labute approximate surface area is 115 Å². The Bertz CT molecular complexity index is 385. The van der Waals surface area contributed by atoms with Crippen molar-refractivity contribution >= 4 is 0 Å². The van der Waals surface area contributed by atoms with Crippen molar-refractivity contribution in [1.82, 2.24) is 4.90 Å². The number of nitrogens with two attached hydrogens (primary N) is 1. The zero-order valence-corrected chi connectivity index (χ0v) is 11.6. The molecule has 3 N–H and O–H groups in total. The van der Waals surface area contributed by atoms with Crippen molar-refractivity contribution < 1.29 is 9.84 Å². The summed E-state index contributed by atoms with van der Waals surface area (Å²) in [6, 6.07) is 9.70. The van der Waals surface area contributed by atoms with E-state index in [0.29, 0.717) is 6.42 Å². The van der Waals surface area contributed by atoms with E-state index in [4.69, 9.17) is 10.5 Å². The molecular formula is C15H24N2O2. The Morgan fingerprint density at radius 3 is 2.79 bits per heavy atom. The summed E-state index contributed by atoms with van der Waals surface area (Å²) >= 11 is 0. The highest BCUT2D eigenvalue weighted by Gasteiger charge is 2.28. The monoisotopic (exact) mass is 264 g/mol. The molecule has 1 heterocycles. The zero-order valence-electron chi connectivity index (χ0n) is 11.6. The summed E-state index contributed by atoms with van der Waals surface area (Å²) in [5.74, 6) is 0. The van der Waals surface area contributed by atoms with Crippen molar-refractivity contribution in [1.29, 1.82) is 0 Å². The molecule has 0 radical (unpaired) electrons. The van der Waals surface area contributed by atoms with Crippen LogP contribution < -0.4 is 5.73 Å². The predicted octanol–water partition coefficient (Wildman–Crippen LogP) is 0.944. The lowest BCUT2D eigenvalue weighted by molar-refractivity contribution is -0.0329. The molecule has 0 saturated carbocycles. The number of nitrogens with zero attached hydrogens (tertiary/aromatic N) is 1. The smallest absolute Gasteiger partial charge is 0.103 e. The van der Waals surface area contributed by atoms with Gasteiger partial charge in [-0.3, -0.25) is 4.90 Å². The minimum Gasteiger partial charge on any atom is -0.384 e. The number of benzene rings is 1. The Hall–Kier alpha value is -0.940. The summed E-state index contributed by atoms with van der Waals surface area (Å²) in [5.41, 5.74) is 5.76. The second-order valence-electron chi connectivity index (χ2n) is 5.33. The lowest BCUT2D eigenvalue weighted by atomic mass is 9.90. The van der Waals surface area contributed by atoms with Gasteiger partial charge in [0.2, 0.25) is 0 Å². The van der Waals surface area contributed by atoms with Crippen LogP contribution in [0.5, 0.6) is 0 Å². The van der Waals surface area contributed by atoms with Crippen LogP contribution in [0.1, 0.15) is 18.9 Å². The number of rotatable bonds is 5. The Morgan fingerprint density at radius 1 is 1.42 bits per heavy atom. The van der Waals surface area contributed by atoms with E-state index in [-0.39, 0.29) is 12.6 Å². The molecular weight excluding hydrogens is 240 g/mol. The van der Waals surface area contributed by atoms with E-state index in [0.717, 1.165) is 31.8 Å². The molecule has 2 atom stereocenters. The van der Waals surface area contributed by atoms with Gasteiger partial charge in [-0.25, -0.2) is 0 Å². The summed E-state index contributed by atoms with van der Waals surface area (Å²) in [7, 11) is 0. The molecule has 0 bridgehead atoms. The SMILES string of the molecule is CC1CN(CCC(O)(CN)c2ccccc2)CCO1. The molecule has 19 heavy (non-hydrogen) atoms. The fourth-order valence-electron chi connectivity index (χ4n) is 2.55. The third-order valence-electron chi connectivity index (χ3n) is 3.82. The molecule has 1 aromatic rings. The van der Waals surface area contributed by atoms with Crippen LogP contribution in [0.2, 0.25) is 0 Å². The summed E-state index contributed by atoms with van der Waals surface area (Å²) in [4.78, 5) is 2.33. The van der Waals surface area contributed by atoms with Crippen LogP contribution in [0.3, 0.4) is 0 Å². The molecule has 1 fully saturated rings. The highest BCUT2D eigenvalue weighted by molar-refractivity contribution is 5.22. The second kappa shape index (κ2) is 6.48. The molecule has 106 valence electrons. The molecule has 0 amide bonds. The number of hydrogen-bond donors (Lipinski definition) is 2. The highest BCUT2D eigenvalue weighted by atomic mass is 16.5. The quantitative estimate of drug-likeness (QED) is 0.831. The van der Waals surface area contributed by atoms with Crippen molar-refractivity contribution in [2.24, 2.45) is 5.73 Å². The van der Waals surface area contributed by atoms with Crippen molar-refractivity contribution in [2.45, 2.75) is 25.0 Å². The average Bonchev–Trinajstić information content (AvgIpc) is 2.46. The molecule has 4 nitrogen and oxygen atoms in total. The molecule has 1 aliphatic heterocycles. The van der Waals surface area contributed by atoms with E-state index in [1.165, 1.54) is 0 Å². The molecule has 4 heteroatoms. The normalized spacial score (nSPS) is 24.1. The number of aliphatic hydroxyl groups is 1. The number of hydrogen-bond acceptors (Lipinski definition) is 4. The zero-order chi connectivity index (χ0) is 13.7. The topological polar surface area (TPSA) is 58.7 Å². The third kappa shape index (κ3) is 3.76. The van der Waals surface area contributed by atoms with Crippen molar-refractivity contribution in [3.8, 4) is 0 Å². The van der Waals surface area contributed by atoms with Gasteiger partial charge < -0.3 is 15.6 Å². The lowest BCUT2D eigenvalue weighted by Gasteiger charge is -2.34. The van der Waals surface area contributed by atoms with Crippen LogP contribution >= 0.6 is 0 Å². The first-order valence-corrected chi connectivity index (χ1v) is 6.96. The highest BCUT2D eigenvalue weighted by Crippen LogP contribution is 2.24. The van der Waals surface area contributed by atoms with E-state index in [9.17, 15) is 5.11 Å². The van der Waals surface area contributed by atoms with Crippen molar-refractivity contribution in [3.63, 3.8) is 0 Å². The van der Waals surface area contributed by atoms with E-state index >= 15 is 0 Å². The standard InChI is InChI=1S/C15H24N2O2/c1-13-11-17(9-10-19-13)8-7-15(18,12-16)14-5-3-2-4-6-14/h2-6,13,18H,7-12,16H2,1H3. The van der Waals surface area contributed by atoms with Gasteiger partial charge in [0, 0.05) is 26.2 Å². The maximum atomic E-state index is 10.7. The van der Waals surface area contributed by atoms with E-state index in [1.807, 2.05) is 30.3 Å². The second-order valence-corrected chi connectivity index (χ2v) is 5.33. The Morgan fingerprint density at radius 2 is 2.16 bits per heavy atom. The lowest BCUT2D eigenvalue weighted by Crippen LogP contribution is -2.45. The molecule has 0 aromatic heterocycles. The maximum Gasteiger partial charge on any atom is 0.103 e. The molecule has 1 saturated heterocycles. The summed E-state index contributed by atoms with van der Waals surface area (Å²) < 4.78 is 5.52. The molecule has 0 spiro atoms. The fraction of sp³-hybridized carbons (Fsp3) is 0.600. The molecule has 2 unspecified atom stereocenters. The minimum absolute atomic E-state index is 0.247. The van der Waals surface area contributed by atoms with Crippen LogP contribution in [-0.4, -0.2) is 48.9 Å². The van der Waals surface area contributed by atoms with Gasteiger partial charge in [0.05, 0.1) is 12.7 Å². The van der Waals surface area contributed by atoms with Gasteiger partial charge in [-0.15, -0.1) is 0 Å². The first-order valence-electron chi connectivity index (χ1n) is 6.96. The molecule has 2 rings (SSSR count). The van der Waals surface area contributed by atoms with Crippen molar-refractivity contribution in [3.05, 3.63) is 35.9 Å². The van der Waals surface area contributed by atoms with Gasteiger partial charge in [-0.2, -0.15) is 0 Å². The molecule has 1 aromatic carbocycles. The van der Waals surface area contributed by atoms with Crippen LogP contribution in [0.15, 0.2) is 30.3 Å². The van der Waals surface area contributed by atoms with Crippen LogP contribution in [0, 0.1) is 0 Å². The van der Waals surface area contributed by atoms with Gasteiger partial charge >= 0.3 is 0 Å². The molecule has 0 aliphatic carbocycles. The van der Waals surface area contributed by atoms with Crippen LogP contribution in [-0.2, 0) is 10.3 Å². The van der Waals surface area contributed by atoms with Crippen LogP contribution in [0.4, 0.5) is 0 Å². The predicted molar refractivity (Wildman–Crippen MR) is 75.9 cm³/mol. The first kappa shape index (κ1) is 14.5. The summed E-state index contributed by atoms with van der Waals surface area (Å²) in [6.45, 7) is 5.80. The van der Waals surface area contributed by atoms with Gasteiger partial charge in [0.15, 0.2) is 0 Å². The number of morpholine rings is 1. The van der Waals surface area contributed by atoms with Gasteiger partial charge in [0.25, 0.3) is 0 Å². The third-order valence-corrected chi connectivity index (χ3v) is 3.82. The van der Waals surface area contributed by atoms with Crippen LogP contribution in [0.25, 0.3) is 0 Å². The van der Waals surface area contributed by atoms with Gasteiger partial charge in [0.1, 0.15) is 5.60 Å². The first-order chi connectivity index (χ1) is 9.14. The van der Waals surface area contributed by atoms with E-state index < -0.39 is 5.60 Å². The maximum absolute atomic E-state index is 10.7.